The van der Waals surface area contributed by atoms with Crippen molar-refractivity contribution in [2.24, 2.45) is 0 Å². The maximum atomic E-state index is 14.3. The SMILES string of the molecule is O=c1[nH]c(-c2cc3nc(CN4CCc5cc(C(F)(F)F)c(NCc6c(F)cc(Cl)cc6F)nc5C4)n(C[C@@H]4CCO4)c3cn2)no1. The van der Waals surface area contributed by atoms with E-state index in [1.54, 1.807) is 12.3 Å². The number of fused-ring (bicyclic) bond motifs is 2. The third-order valence-electron chi connectivity index (χ3n) is 8.05. The highest BCUT2D eigenvalue weighted by atomic mass is 35.5. The second-order valence-electron chi connectivity index (χ2n) is 11.1. The van der Waals surface area contributed by atoms with Gasteiger partial charge in [-0.25, -0.2) is 23.5 Å². The molecule has 7 rings (SSSR count). The largest absolute Gasteiger partial charge is 0.439 e. The van der Waals surface area contributed by atoms with Gasteiger partial charge in [-0.1, -0.05) is 16.8 Å². The second kappa shape index (κ2) is 11.7. The first-order valence-corrected chi connectivity index (χ1v) is 14.6. The smallest absolute Gasteiger partial charge is 0.376 e. The van der Waals surface area contributed by atoms with Crippen LogP contribution in [0.3, 0.4) is 0 Å². The minimum atomic E-state index is -4.75. The number of hydrogen-bond donors (Lipinski definition) is 2. The maximum absolute atomic E-state index is 14.3. The van der Waals surface area contributed by atoms with Crippen molar-refractivity contribution in [2.75, 3.05) is 18.5 Å². The summed E-state index contributed by atoms with van der Waals surface area (Å²) in [5.74, 6) is -2.37. The molecule has 46 heavy (non-hydrogen) atoms. The van der Waals surface area contributed by atoms with Crippen molar-refractivity contribution >= 4 is 28.5 Å². The highest BCUT2D eigenvalue weighted by Crippen LogP contribution is 2.37. The minimum absolute atomic E-state index is 0.00351. The van der Waals surface area contributed by atoms with Gasteiger partial charge in [0.1, 0.15) is 29.0 Å². The summed E-state index contributed by atoms with van der Waals surface area (Å²) in [6.45, 7) is 1.60. The number of ether oxygens (including phenoxy) is 1. The molecule has 0 saturated carbocycles. The average molecular weight is 663 g/mol. The molecule has 240 valence electrons. The molecule has 0 spiro atoms. The molecule has 0 unspecified atom stereocenters. The van der Waals surface area contributed by atoms with Crippen LogP contribution in [0.1, 0.15) is 34.6 Å². The van der Waals surface area contributed by atoms with Gasteiger partial charge in [-0.2, -0.15) is 13.2 Å². The van der Waals surface area contributed by atoms with Crippen LogP contribution in [0.25, 0.3) is 22.6 Å². The fourth-order valence-electron chi connectivity index (χ4n) is 5.61. The monoisotopic (exact) mass is 662 g/mol. The number of rotatable bonds is 8. The van der Waals surface area contributed by atoms with E-state index in [0.717, 1.165) is 30.1 Å². The molecule has 17 heteroatoms. The van der Waals surface area contributed by atoms with Gasteiger partial charge < -0.3 is 14.6 Å². The third-order valence-corrected chi connectivity index (χ3v) is 8.27. The zero-order valence-electron chi connectivity index (χ0n) is 23.8. The summed E-state index contributed by atoms with van der Waals surface area (Å²) in [7, 11) is 0. The van der Waals surface area contributed by atoms with Gasteiger partial charge in [-0.3, -0.25) is 19.4 Å². The molecular weight excluding hydrogens is 639 g/mol. The number of benzene rings is 1. The number of hydrogen-bond acceptors (Lipinski definition) is 9. The number of halogens is 6. The molecule has 5 aromatic rings. The number of H-pyrrole nitrogens is 1. The van der Waals surface area contributed by atoms with Crippen LogP contribution >= 0.6 is 11.6 Å². The Bertz CT molecular complexity index is 1980. The van der Waals surface area contributed by atoms with Gasteiger partial charge >= 0.3 is 11.9 Å². The molecule has 1 aromatic carbocycles. The van der Waals surface area contributed by atoms with Gasteiger partial charge in [0.05, 0.1) is 47.7 Å². The molecule has 2 aliphatic heterocycles. The molecule has 6 heterocycles. The minimum Gasteiger partial charge on any atom is -0.376 e. The predicted octanol–water partition coefficient (Wildman–Crippen LogP) is 5.08. The van der Waals surface area contributed by atoms with Crippen LogP contribution in [-0.2, 0) is 43.5 Å². The lowest BCUT2D eigenvalue weighted by atomic mass is 10.0. The zero-order valence-corrected chi connectivity index (χ0v) is 24.6. The number of nitrogens with zero attached hydrogens (tertiary/aromatic N) is 6. The van der Waals surface area contributed by atoms with Gasteiger partial charge in [0.15, 0.2) is 0 Å². The van der Waals surface area contributed by atoms with Crippen molar-refractivity contribution in [3.05, 3.63) is 85.9 Å². The van der Waals surface area contributed by atoms with Crippen molar-refractivity contribution in [1.82, 2.24) is 34.6 Å². The number of alkyl halides is 3. The standard InChI is InChI=1S/C29H24ClF5N8O3/c30-15-6-19(31)17(20(32)7-15)9-37-26-18(29(33,34)35)5-14-1-3-42(12-23(14)39-26)13-25-38-21-8-22(27-40-28(44)46-41-27)36-10-24(21)43(25)11-16-2-4-45-16/h5-8,10,16H,1-4,9,11-13H2,(H,37,39)(H,40,41,44)/t16-/m0/s1. The highest BCUT2D eigenvalue weighted by Gasteiger charge is 2.36. The highest BCUT2D eigenvalue weighted by molar-refractivity contribution is 6.30. The summed E-state index contributed by atoms with van der Waals surface area (Å²) in [6.07, 6.45) is -1.95. The molecule has 4 aromatic heterocycles. The van der Waals surface area contributed by atoms with E-state index in [0.29, 0.717) is 61.0 Å². The molecule has 1 fully saturated rings. The Morgan fingerprint density at radius 1 is 1.13 bits per heavy atom. The molecule has 2 N–H and O–H groups in total. The number of aromatic nitrogens is 6. The van der Waals surface area contributed by atoms with Crippen LogP contribution in [0.2, 0.25) is 5.02 Å². The molecule has 0 amide bonds. The zero-order chi connectivity index (χ0) is 32.2. The molecule has 1 saturated heterocycles. The molecule has 0 bridgehead atoms. The van der Waals surface area contributed by atoms with Gasteiger partial charge in [-0.05, 0) is 42.7 Å². The van der Waals surface area contributed by atoms with Crippen molar-refractivity contribution in [3.8, 4) is 11.5 Å². The van der Waals surface area contributed by atoms with Gasteiger partial charge in [0.2, 0.25) is 5.82 Å². The van der Waals surface area contributed by atoms with Gasteiger partial charge in [0.25, 0.3) is 0 Å². The topological polar surface area (TPSA) is 127 Å². The Morgan fingerprint density at radius 3 is 2.59 bits per heavy atom. The first-order chi connectivity index (χ1) is 22.0. The first kappa shape index (κ1) is 30.3. The summed E-state index contributed by atoms with van der Waals surface area (Å²) < 4.78 is 83.0. The van der Waals surface area contributed by atoms with Crippen molar-refractivity contribution in [3.63, 3.8) is 0 Å². The lowest BCUT2D eigenvalue weighted by Crippen LogP contribution is -2.34. The van der Waals surface area contributed by atoms with E-state index < -0.39 is 47.1 Å². The maximum Gasteiger partial charge on any atom is 0.439 e. The normalized spacial score (nSPS) is 16.9. The van der Waals surface area contributed by atoms with Gasteiger partial charge in [0, 0.05) is 36.8 Å². The van der Waals surface area contributed by atoms with Crippen molar-refractivity contribution in [1.29, 1.82) is 0 Å². The number of aromatic amines is 1. The molecule has 0 radical (unpaired) electrons. The van der Waals surface area contributed by atoms with Crippen LogP contribution < -0.4 is 11.1 Å². The quantitative estimate of drug-likeness (QED) is 0.219. The molecule has 1 atom stereocenters. The van der Waals surface area contributed by atoms with E-state index >= 15 is 0 Å². The van der Waals surface area contributed by atoms with Crippen LogP contribution in [0, 0.1) is 11.6 Å². The second-order valence-corrected chi connectivity index (χ2v) is 11.5. The van der Waals surface area contributed by atoms with E-state index in [9.17, 15) is 26.7 Å². The lowest BCUT2D eigenvalue weighted by Gasteiger charge is -2.30. The Kier molecular flexibility index (Phi) is 7.73. The van der Waals surface area contributed by atoms with E-state index in [4.69, 9.17) is 21.3 Å². The number of nitrogens with one attached hydrogen (secondary N) is 2. The van der Waals surface area contributed by atoms with Crippen LogP contribution in [0.4, 0.5) is 27.8 Å². The summed E-state index contributed by atoms with van der Waals surface area (Å²) in [5, 5.41) is 6.01. The van der Waals surface area contributed by atoms with Crippen LogP contribution in [0.15, 0.2) is 39.8 Å². The summed E-state index contributed by atoms with van der Waals surface area (Å²) in [5.41, 5.74) is 1.06. The van der Waals surface area contributed by atoms with Crippen molar-refractivity contribution < 1.29 is 31.2 Å². The lowest BCUT2D eigenvalue weighted by molar-refractivity contribution is -0.137. The number of anilines is 1. The fraction of sp³-hybridized carbons (Fsp3) is 0.345. The molecule has 0 aliphatic carbocycles. The Balaban J connectivity index is 1.17. The first-order valence-electron chi connectivity index (χ1n) is 14.2. The van der Waals surface area contributed by atoms with E-state index in [1.807, 2.05) is 9.47 Å². The van der Waals surface area contributed by atoms with E-state index in [2.05, 4.69) is 29.9 Å². The summed E-state index contributed by atoms with van der Waals surface area (Å²) in [4.78, 5) is 29.4. The number of pyridine rings is 2. The van der Waals surface area contributed by atoms with E-state index in [1.165, 1.54) is 0 Å². The number of imidazole rings is 1. The van der Waals surface area contributed by atoms with Crippen LogP contribution in [0.5, 0.6) is 0 Å². The summed E-state index contributed by atoms with van der Waals surface area (Å²) in [6, 6.07) is 4.50. The van der Waals surface area contributed by atoms with Crippen LogP contribution in [-0.4, -0.2) is 53.8 Å². The molecule has 2 aliphatic rings. The Morgan fingerprint density at radius 2 is 1.91 bits per heavy atom. The van der Waals surface area contributed by atoms with E-state index in [-0.39, 0.29) is 23.5 Å². The van der Waals surface area contributed by atoms with Crippen molar-refractivity contribution in [2.45, 2.75) is 51.3 Å². The van der Waals surface area contributed by atoms with Gasteiger partial charge in [-0.15, -0.1) is 0 Å². The fourth-order valence-corrected chi connectivity index (χ4v) is 5.81. The third kappa shape index (κ3) is 5.94. The predicted molar refractivity (Wildman–Crippen MR) is 154 cm³/mol. The average Bonchev–Trinajstić information content (AvgIpc) is 3.55. The Hall–Kier alpha value is -4.41. The Labute approximate surface area is 261 Å². The molecular formula is C29H24ClF5N8O3. The summed E-state index contributed by atoms with van der Waals surface area (Å²) >= 11 is 5.68. The molecule has 11 nitrogen and oxygen atoms in total.